The minimum atomic E-state index is -5.03. The number of alkyl halides is 8. The van der Waals surface area contributed by atoms with Crippen LogP contribution in [0.3, 0.4) is 0 Å². The van der Waals surface area contributed by atoms with Crippen LogP contribution in [0.5, 0.6) is 23.0 Å². The van der Waals surface area contributed by atoms with Crippen molar-refractivity contribution in [3.05, 3.63) is 92.4 Å². The molecule has 4 aromatic rings. The number of carbonyl (C=O) groups is 1. The third-order valence-corrected chi connectivity index (χ3v) is 8.03. The standard InChI is InChI=1S/C33H24ClF8N3O6/c1-31(35,36)15-45-27(25-19(29(45)46)14-43-26(25)18-4-2-5-21-28(18)50-30(47)44-21)16-6-8-23(24(12-16)48-11-3-10-32(37,38)39)49-17-7-9-22(20(34)13-17)51-33(40,41)42/h2,4-9,12-13,27H,3,10-11,14-15H2,1H3,(H,44,47). The van der Waals surface area contributed by atoms with Gasteiger partial charge in [0.05, 0.1) is 42.0 Å². The normalized spacial score (nSPS) is 16.6. The average molecular weight is 746 g/mol. The monoisotopic (exact) mass is 745 g/mol. The Morgan fingerprint density at radius 1 is 0.980 bits per heavy atom. The summed E-state index contributed by atoms with van der Waals surface area (Å²) in [5.74, 6) is -5.99. The van der Waals surface area contributed by atoms with Crippen LogP contribution in [-0.4, -0.2) is 59.7 Å². The molecule has 0 saturated carbocycles. The first-order chi connectivity index (χ1) is 23.9. The van der Waals surface area contributed by atoms with Crippen molar-refractivity contribution in [3.8, 4) is 23.0 Å². The number of rotatable bonds is 11. The summed E-state index contributed by atoms with van der Waals surface area (Å²) in [6, 6.07) is 10.5. The molecule has 0 spiro atoms. The van der Waals surface area contributed by atoms with E-state index in [9.17, 15) is 44.7 Å². The molecule has 2 aliphatic heterocycles. The van der Waals surface area contributed by atoms with Crippen molar-refractivity contribution in [1.29, 1.82) is 0 Å². The van der Waals surface area contributed by atoms with Crippen LogP contribution in [0, 0.1) is 0 Å². The molecule has 0 saturated heterocycles. The lowest BCUT2D eigenvalue weighted by molar-refractivity contribution is -0.274. The third kappa shape index (κ3) is 7.97. The lowest BCUT2D eigenvalue weighted by atomic mass is 9.91. The Hall–Kier alpha value is -5.06. The van der Waals surface area contributed by atoms with E-state index in [1.165, 1.54) is 18.2 Å². The van der Waals surface area contributed by atoms with Gasteiger partial charge in [0.15, 0.2) is 17.1 Å². The molecule has 0 bridgehead atoms. The number of nitrogens with zero attached hydrogens (tertiary/aromatic N) is 2. The number of para-hydroxylation sites is 1. The van der Waals surface area contributed by atoms with E-state index in [-0.39, 0.29) is 51.8 Å². The van der Waals surface area contributed by atoms with Crippen molar-refractivity contribution in [3.63, 3.8) is 0 Å². The SMILES string of the molecule is CC(F)(F)CN1C(=O)C2=C(C(c3cccc4[nH]c(=O)oc34)=NC2)C1c1ccc(Oc2ccc(OC(F)(F)F)c(Cl)c2)c(OCCCC(F)(F)F)c1. The smallest absolute Gasteiger partial charge is 0.490 e. The fourth-order valence-electron chi connectivity index (χ4n) is 5.82. The topological polar surface area (TPSA) is 106 Å². The van der Waals surface area contributed by atoms with E-state index in [1.807, 2.05) is 0 Å². The predicted molar refractivity (Wildman–Crippen MR) is 166 cm³/mol. The predicted octanol–water partition coefficient (Wildman–Crippen LogP) is 8.52. The van der Waals surface area contributed by atoms with E-state index in [1.54, 1.807) is 18.2 Å². The number of benzene rings is 3. The fraction of sp³-hybridized carbons (Fsp3) is 0.303. The summed E-state index contributed by atoms with van der Waals surface area (Å²) in [6.45, 7) is -1.04. The number of oxazole rings is 1. The number of amides is 1. The molecule has 1 amide bonds. The molecule has 9 nitrogen and oxygen atoms in total. The van der Waals surface area contributed by atoms with Crippen molar-refractivity contribution in [2.45, 2.75) is 44.3 Å². The van der Waals surface area contributed by atoms with Crippen LogP contribution >= 0.6 is 11.6 Å². The Bertz CT molecular complexity index is 2120. The summed E-state index contributed by atoms with van der Waals surface area (Å²) in [7, 11) is 0. The van der Waals surface area contributed by atoms with Crippen molar-refractivity contribution < 1.29 is 58.5 Å². The van der Waals surface area contributed by atoms with Crippen LogP contribution in [-0.2, 0) is 4.79 Å². The fourth-order valence-corrected chi connectivity index (χ4v) is 6.03. The van der Waals surface area contributed by atoms with Gasteiger partial charge in [-0.25, -0.2) is 13.6 Å². The number of aromatic amines is 1. The van der Waals surface area contributed by atoms with Gasteiger partial charge in [-0.1, -0.05) is 23.7 Å². The van der Waals surface area contributed by atoms with Gasteiger partial charge in [-0.05, 0) is 48.4 Å². The van der Waals surface area contributed by atoms with E-state index >= 15 is 0 Å². The van der Waals surface area contributed by atoms with Crippen LogP contribution in [0.15, 0.2) is 79.9 Å². The molecule has 0 aliphatic carbocycles. The number of hydrogen-bond donors (Lipinski definition) is 1. The number of halogens is 9. The van der Waals surface area contributed by atoms with Gasteiger partial charge in [0.25, 0.3) is 11.8 Å². The molecule has 0 radical (unpaired) electrons. The van der Waals surface area contributed by atoms with Gasteiger partial charge in [0, 0.05) is 36.1 Å². The van der Waals surface area contributed by atoms with Crippen LogP contribution in [0.25, 0.3) is 11.1 Å². The van der Waals surface area contributed by atoms with E-state index in [0.717, 1.165) is 23.1 Å². The summed E-state index contributed by atoms with van der Waals surface area (Å²) in [5, 5.41) is -0.476. The number of ether oxygens (including phenoxy) is 3. The second-order valence-electron chi connectivity index (χ2n) is 11.7. The summed E-state index contributed by atoms with van der Waals surface area (Å²) in [5.41, 5.74) is 1.46. The summed E-state index contributed by atoms with van der Waals surface area (Å²) >= 11 is 5.95. The first-order valence-corrected chi connectivity index (χ1v) is 15.4. The second-order valence-corrected chi connectivity index (χ2v) is 12.1. The number of nitrogens with one attached hydrogen (secondary N) is 1. The summed E-state index contributed by atoms with van der Waals surface area (Å²) in [6.07, 6.45) is -11.2. The largest absolute Gasteiger partial charge is 0.573 e. The lowest BCUT2D eigenvalue weighted by Gasteiger charge is -2.31. The Morgan fingerprint density at radius 3 is 2.41 bits per heavy atom. The average Bonchev–Trinajstić information content (AvgIpc) is 3.69. The van der Waals surface area contributed by atoms with Crippen LogP contribution in [0.1, 0.15) is 36.9 Å². The zero-order valence-corrected chi connectivity index (χ0v) is 26.8. The summed E-state index contributed by atoms with van der Waals surface area (Å²) < 4.78 is 127. The first-order valence-electron chi connectivity index (χ1n) is 15.0. The third-order valence-electron chi connectivity index (χ3n) is 7.73. The van der Waals surface area contributed by atoms with Crippen LogP contribution in [0.4, 0.5) is 35.1 Å². The number of aliphatic imine (C=N–C) groups is 1. The first kappa shape index (κ1) is 35.8. The van der Waals surface area contributed by atoms with Crippen LogP contribution < -0.4 is 20.0 Å². The highest BCUT2D eigenvalue weighted by Gasteiger charge is 2.47. The van der Waals surface area contributed by atoms with Gasteiger partial charge in [0.1, 0.15) is 11.5 Å². The molecule has 1 unspecified atom stereocenters. The number of aromatic nitrogens is 1. The van der Waals surface area contributed by atoms with E-state index in [2.05, 4.69) is 14.7 Å². The van der Waals surface area contributed by atoms with Crippen molar-refractivity contribution in [1.82, 2.24) is 9.88 Å². The number of H-pyrrole nitrogens is 1. The lowest BCUT2D eigenvalue weighted by Crippen LogP contribution is -2.40. The molecule has 3 aromatic carbocycles. The highest BCUT2D eigenvalue weighted by molar-refractivity contribution is 6.32. The van der Waals surface area contributed by atoms with Gasteiger partial charge >= 0.3 is 18.3 Å². The maximum atomic E-state index is 14.6. The van der Waals surface area contributed by atoms with Gasteiger partial charge in [-0.3, -0.25) is 14.8 Å². The van der Waals surface area contributed by atoms with Gasteiger partial charge in [-0.2, -0.15) is 13.2 Å². The Balaban J connectivity index is 1.41. The van der Waals surface area contributed by atoms with Crippen LogP contribution in [0.2, 0.25) is 5.02 Å². The molecule has 2 aliphatic rings. The second kappa shape index (κ2) is 13.2. The van der Waals surface area contributed by atoms with Gasteiger partial charge in [0.2, 0.25) is 0 Å². The minimum absolute atomic E-state index is 0.109. The Kier molecular flexibility index (Phi) is 9.29. The van der Waals surface area contributed by atoms with Crippen molar-refractivity contribution >= 4 is 34.3 Å². The zero-order valence-electron chi connectivity index (χ0n) is 26.1. The molecule has 6 rings (SSSR count). The molecular formula is C33H24ClF8N3O6. The maximum Gasteiger partial charge on any atom is 0.573 e. The molecule has 18 heteroatoms. The van der Waals surface area contributed by atoms with Gasteiger partial charge < -0.3 is 23.5 Å². The van der Waals surface area contributed by atoms with E-state index < -0.39 is 72.9 Å². The van der Waals surface area contributed by atoms with E-state index in [4.69, 9.17) is 25.5 Å². The number of carbonyl (C=O) groups excluding carboxylic acids is 1. The Morgan fingerprint density at radius 2 is 1.73 bits per heavy atom. The van der Waals surface area contributed by atoms with Crippen molar-refractivity contribution in [2.24, 2.45) is 4.99 Å². The molecular weight excluding hydrogens is 722 g/mol. The minimum Gasteiger partial charge on any atom is -0.490 e. The highest BCUT2D eigenvalue weighted by Crippen LogP contribution is 2.47. The highest BCUT2D eigenvalue weighted by atomic mass is 35.5. The van der Waals surface area contributed by atoms with E-state index in [0.29, 0.717) is 18.0 Å². The molecule has 3 heterocycles. The molecule has 1 aromatic heterocycles. The molecule has 0 fully saturated rings. The maximum absolute atomic E-state index is 14.6. The Labute approximate surface area is 287 Å². The quantitative estimate of drug-likeness (QED) is 0.122. The molecule has 270 valence electrons. The molecule has 1 N–H and O–H groups in total. The molecule has 1 atom stereocenters. The molecule has 51 heavy (non-hydrogen) atoms. The van der Waals surface area contributed by atoms with Gasteiger partial charge in [-0.15, -0.1) is 13.2 Å². The van der Waals surface area contributed by atoms with Crippen molar-refractivity contribution in [2.75, 3.05) is 19.7 Å². The summed E-state index contributed by atoms with van der Waals surface area (Å²) in [4.78, 5) is 33.6. The number of fused-ring (bicyclic) bond motifs is 1. The zero-order chi connectivity index (χ0) is 36.9. The number of hydrogen-bond acceptors (Lipinski definition) is 7.